The molecule has 1 unspecified atom stereocenters. The number of rotatable bonds is 5. The Labute approximate surface area is 142 Å². The van der Waals surface area contributed by atoms with Gasteiger partial charge in [0.1, 0.15) is 0 Å². The van der Waals surface area contributed by atoms with E-state index in [0.29, 0.717) is 6.04 Å². The Bertz CT molecular complexity index is 654. The molecule has 1 saturated carbocycles. The van der Waals surface area contributed by atoms with Crippen LogP contribution in [0.1, 0.15) is 55.7 Å². The van der Waals surface area contributed by atoms with Crippen LogP contribution >= 0.6 is 0 Å². The van der Waals surface area contributed by atoms with Crippen molar-refractivity contribution < 1.29 is 9.59 Å². The van der Waals surface area contributed by atoms with Crippen LogP contribution in [0.4, 0.5) is 5.69 Å². The number of benzene rings is 1. The van der Waals surface area contributed by atoms with Gasteiger partial charge in [0.05, 0.1) is 6.04 Å². The van der Waals surface area contributed by atoms with E-state index in [1.54, 1.807) is 0 Å². The lowest BCUT2D eigenvalue weighted by Crippen LogP contribution is -2.40. The number of hydrogen-bond donors (Lipinski definition) is 2. The first-order valence-corrected chi connectivity index (χ1v) is 9.16. The summed E-state index contributed by atoms with van der Waals surface area (Å²) in [6.07, 6.45) is 5.99. The van der Waals surface area contributed by atoms with Crippen molar-refractivity contribution in [3.63, 3.8) is 0 Å². The van der Waals surface area contributed by atoms with Crippen molar-refractivity contribution in [2.75, 3.05) is 18.0 Å². The summed E-state index contributed by atoms with van der Waals surface area (Å²) in [6.45, 7) is 2.11. The van der Waals surface area contributed by atoms with E-state index in [9.17, 15) is 9.59 Å². The zero-order chi connectivity index (χ0) is 16.5. The van der Waals surface area contributed by atoms with Crippen LogP contribution in [-0.4, -0.2) is 30.9 Å². The third-order valence-electron chi connectivity index (χ3n) is 5.26. The van der Waals surface area contributed by atoms with E-state index >= 15 is 0 Å². The van der Waals surface area contributed by atoms with Gasteiger partial charge in [-0.2, -0.15) is 0 Å². The Balaban J connectivity index is 1.38. The first-order valence-electron chi connectivity index (χ1n) is 9.16. The van der Waals surface area contributed by atoms with Gasteiger partial charge in [-0.1, -0.05) is 18.2 Å². The first-order chi connectivity index (χ1) is 11.7. The molecule has 0 radical (unpaired) electrons. The molecule has 2 amide bonds. The summed E-state index contributed by atoms with van der Waals surface area (Å²) in [5, 5.41) is 6.08. The van der Waals surface area contributed by atoms with E-state index < -0.39 is 0 Å². The molecule has 0 saturated heterocycles. The van der Waals surface area contributed by atoms with E-state index in [1.165, 1.54) is 23.2 Å². The average Bonchev–Trinajstić information content (AvgIpc) is 3.40. The van der Waals surface area contributed by atoms with Gasteiger partial charge in [0.15, 0.2) is 0 Å². The lowest BCUT2D eigenvalue weighted by Gasteiger charge is -2.40. The summed E-state index contributed by atoms with van der Waals surface area (Å²) >= 11 is 0. The molecular formula is C19H25N3O2. The second-order valence-electron chi connectivity index (χ2n) is 7.20. The monoisotopic (exact) mass is 327 g/mol. The molecule has 1 fully saturated rings. The maximum atomic E-state index is 12.3. The van der Waals surface area contributed by atoms with Gasteiger partial charge in [-0.3, -0.25) is 9.59 Å². The number of hydrogen-bond acceptors (Lipinski definition) is 3. The molecule has 128 valence electrons. The fourth-order valence-corrected chi connectivity index (χ4v) is 3.89. The number of anilines is 1. The van der Waals surface area contributed by atoms with Gasteiger partial charge in [0.25, 0.3) is 0 Å². The van der Waals surface area contributed by atoms with Crippen LogP contribution in [0.3, 0.4) is 0 Å². The molecule has 0 spiro atoms. The van der Waals surface area contributed by atoms with Crippen LogP contribution in [0.2, 0.25) is 0 Å². The number of aryl methyl sites for hydroxylation is 1. The molecule has 2 aliphatic heterocycles. The van der Waals surface area contributed by atoms with Crippen molar-refractivity contribution >= 4 is 17.5 Å². The van der Waals surface area contributed by atoms with Crippen molar-refractivity contribution in [1.29, 1.82) is 0 Å². The third kappa shape index (κ3) is 3.25. The molecule has 3 aliphatic rings. The maximum Gasteiger partial charge on any atom is 0.220 e. The highest BCUT2D eigenvalue weighted by molar-refractivity contribution is 5.84. The smallest absolute Gasteiger partial charge is 0.220 e. The average molecular weight is 327 g/mol. The van der Waals surface area contributed by atoms with Crippen LogP contribution < -0.4 is 15.5 Å². The first kappa shape index (κ1) is 15.5. The van der Waals surface area contributed by atoms with Gasteiger partial charge in [-0.25, -0.2) is 0 Å². The number of amides is 2. The van der Waals surface area contributed by atoms with Crippen molar-refractivity contribution in [3.05, 3.63) is 29.3 Å². The predicted molar refractivity (Wildman–Crippen MR) is 92.9 cm³/mol. The standard InChI is InChI=1S/C19H25N3O2/c23-17(20-14-6-7-14)8-9-18(24)21-16-10-12-22-11-2-4-13-3-1-5-15(16)19(13)22/h1,3,5,14,16H,2,4,6-12H2,(H,20,23)(H,21,24). The minimum absolute atomic E-state index is 0.000408. The second-order valence-corrected chi connectivity index (χ2v) is 7.20. The number of carbonyl (C=O) groups excluding carboxylic acids is 2. The van der Waals surface area contributed by atoms with Gasteiger partial charge in [0, 0.05) is 37.7 Å². The van der Waals surface area contributed by atoms with E-state index in [4.69, 9.17) is 0 Å². The number of carbonyl (C=O) groups is 2. The molecule has 1 aromatic rings. The highest BCUT2D eigenvalue weighted by atomic mass is 16.2. The normalized spacial score (nSPS) is 21.8. The molecule has 0 aromatic heterocycles. The Hall–Kier alpha value is -2.04. The highest BCUT2D eigenvalue weighted by Crippen LogP contribution is 2.39. The summed E-state index contributed by atoms with van der Waals surface area (Å²) in [5.41, 5.74) is 3.99. The van der Waals surface area contributed by atoms with E-state index in [1.807, 2.05) is 0 Å². The minimum atomic E-state index is -0.0205. The topological polar surface area (TPSA) is 61.4 Å². The second kappa shape index (κ2) is 6.46. The maximum absolute atomic E-state index is 12.3. The SMILES string of the molecule is O=C(CCC(=O)NC1CCN2CCCc3cccc1c32)NC1CC1. The molecule has 4 rings (SSSR count). The lowest BCUT2D eigenvalue weighted by molar-refractivity contribution is -0.127. The van der Waals surface area contributed by atoms with E-state index in [2.05, 4.69) is 33.7 Å². The van der Waals surface area contributed by atoms with Crippen LogP contribution in [0.25, 0.3) is 0 Å². The molecule has 1 aromatic carbocycles. The summed E-state index contributed by atoms with van der Waals surface area (Å²) < 4.78 is 0. The van der Waals surface area contributed by atoms with Crippen molar-refractivity contribution in [2.24, 2.45) is 0 Å². The molecule has 1 aliphatic carbocycles. The summed E-state index contributed by atoms with van der Waals surface area (Å²) in [4.78, 5) is 26.5. The summed E-state index contributed by atoms with van der Waals surface area (Å²) in [5.74, 6) is -0.0210. The number of nitrogens with zero attached hydrogens (tertiary/aromatic N) is 1. The molecule has 0 bridgehead atoms. The minimum Gasteiger partial charge on any atom is -0.371 e. The van der Waals surface area contributed by atoms with Crippen molar-refractivity contribution in [3.8, 4) is 0 Å². The van der Waals surface area contributed by atoms with Gasteiger partial charge < -0.3 is 15.5 Å². The Morgan fingerprint density at radius 2 is 1.83 bits per heavy atom. The zero-order valence-corrected chi connectivity index (χ0v) is 14.0. The van der Waals surface area contributed by atoms with Crippen molar-refractivity contribution in [2.45, 2.75) is 57.0 Å². The fraction of sp³-hybridized carbons (Fsp3) is 0.579. The Morgan fingerprint density at radius 1 is 1.04 bits per heavy atom. The summed E-state index contributed by atoms with van der Waals surface area (Å²) in [7, 11) is 0. The van der Waals surface area contributed by atoms with Crippen LogP contribution in [0.15, 0.2) is 18.2 Å². The fourth-order valence-electron chi connectivity index (χ4n) is 3.89. The third-order valence-corrected chi connectivity index (χ3v) is 5.26. The summed E-state index contributed by atoms with van der Waals surface area (Å²) in [6, 6.07) is 6.89. The highest BCUT2D eigenvalue weighted by Gasteiger charge is 2.30. The van der Waals surface area contributed by atoms with E-state index in [-0.39, 0.29) is 30.7 Å². The van der Waals surface area contributed by atoms with Gasteiger partial charge >= 0.3 is 0 Å². The quantitative estimate of drug-likeness (QED) is 0.870. The largest absolute Gasteiger partial charge is 0.371 e. The number of para-hydroxylation sites is 1. The van der Waals surface area contributed by atoms with Gasteiger partial charge in [-0.05, 0) is 43.2 Å². The Morgan fingerprint density at radius 3 is 2.62 bits per heavy atom. The molecule has 5 heteroatoms. The molecule has 24 heavy (non-hydrogen) atoms. The molecule has 5 nitrogen and oxygen atoms in total. The number of nitrogens with one attached hydrogen (secondary N) is 2. The zero-order valence-electron chi connectivity index (χ0n) is 14.0. The lowest BCUT2D eigenvalue weighted by atomic mass is 9.89. The van der Waals surface area contributed by atoms with Crippen molar-refractivity contribution in [1.82, 2.24) is 10.6 Å². The van der Waals surface area contributed by atoms with Gasteiger partial charge in [-0.15, -0.1) is 0 Å². The molecule has 1 atom stereocenters. The van der Waals surface area contributed by atoms with Crippen LogP contribution in [0.5, 0.6) is 0 Å². The molecule has 2 N–H and O–H groups in total. The van der Waals surface area contributed by atoms with Gasteiger partial charge in [0.2, 0.25) is 11.8 Å². The van der Waals surface area contributed by atoms with E-state index in [0.717, 1.165) is 38.8 Å². The molecular weight excluding hydrogens is 302 g/mol. The van der Waals surface area contributed by atoms with Crippen LogP contribution in [-0.2, 0) is 16.0 Å². The Kier molecular flexibility index (Phi) is 4.17. The van der Waals surface area contributed by atoms with Crippen LogP contribution in [0, 0.1) is 0 Å². The molecule has 2 heterocycles. The predicted octanol–water partition coefficient (Wildman–Crippen LogP) is 2.06.